The van der Waals surface area contributed by atoms with Crippen LogP contribution < -0.4 is 5.63 Å². The van der Waals surface area contributed by atoms with Gasteiger partial charge in [-0.1, -0.05) is 23.3 Å². The molecule has 1 heterocycles. The summed E-state index contributed by atoms with van der Waals surface area (Å²) in [6.07, 6.45) is 0. The largest absolute Gasteiger partial charge is 0.422 e. The van der Waals surface area contributed by atoms with Crippen molar-refractivity contribution in [2.45, 2.75) is 4.90 Å². The van der Waals surface area contributed by atoms with Crippen LogP contribution in [0.5, 0.6) is 0 Å². The van der Waals surface area contributed by atoms with Crippen LogP contribution in [-0.4, -0.2) is 8.42 Å². The normalized spacial score (nSPS) is 11.2. The highest BCUT2D eigenvalue weighted by Crippen LogP contribution is 2.31. The zero-order valence-electron chi connectivity index (χ0n) is 8.57. The first-order valence-corrected chi connectivity index (χ1v) is 5.89. The number of fused-ring (bicyclic) bond motifs is 1. The molecule has 0 aliphatic heterocycles. The van der Waals surface area contributed by atoms with Gasteiger partial charge in [0.2, 0.25) is 0 Å². The van der Waals surface area contributed by atoms with Gasteiger partial charge < -0.3 is 4.42 Å². The molecule has 1 aromatic heterocycles. The Morgan fingerprint density at radius 1 is 1.33 bits per heavy atom. The summed E-state index contributed by atoms with van der Waals surface area (Å²) in [5.41, 5.74) is 6.34. The summed E-state index contributed by atoms with van der Waals surface area (Å²) in [5.74, 6) is 0. The molecule has 0 amide bonds. The van der Waals surface area contributed by atoms with E-state index < -0.39 is 26.4 Å². The van der Waals surface area contributed by atoms with Crippen molar-refractivity contribution in [3.8, 4) is 0 Å². The number of nitrogens with zero attached hydrogens (tertiary/aromatic N) is 3. The standard InChI is InChI=1S/C9H4FN3O4S/c10-18(15,16)8-7(12-13-11)5-3-1-2-4-6(5)17-9(8)14/h1-4H. The van der Waals surface area contributed by atoms with Crippen molar-refractivity contribution in [2.24, 2.45) is 5.11 Å². The van der Waals surface area contributed by atoms with E-state index in [1.165, 1.54) is 24.3 Å². The molecular weight excluding hydrogens is 265 g/mol. The van der Waals surface area contributed by atoms with Crippen LogP contribution in [0.2, 0.25) is 0 Å². The molecule has 92 valence electrons. The second kappa shape index (κ2) is 4.13. The Labute approximate surface area is 99.3 Å². The van der Waals surface area contributed by atoms with E-state index in [0.29, 0.717) is 0 Å². The Hall–Kier alpha value is -2.38. The monoisotopic (exact) mass is 269 g/mol. The van der Waals surface area contributed by atoms with Gasteiger partial charge in [0.25, 0.3) is 0 Å². The van der Waals surface area contributed by atoms with E-state index in [0.717, 1.165) is 0 Å². The fourth-order valence-corrected chi connectivity index (χ4v) is 2.10. The predicted octanol–water partition coefficient (Wildman–Crippen LogP) is 2.39. The van der Waals surface area contributed by atoms with Crippen molar-refractivity contribution in [3.63, 3.8) is 0 Å². The number of rotatable bonds is 2. The van der Waals surface area contributed by atoms with Crippen LogP contribution >= 0.6 is 0 Å². The van der Waals surface area contributed by atoms with Crippen molar-refractivity contribution in [1.29, 1.82) is 0 Å². The van der Waals surface area contributed by atoms with Gasteiger partial charge in [-0.15, -0.1) is 3.89 Å². The summed E-state index contributed by atoms with van der Waals surface area (Å²) >= 11 is 0. The van der Waals surface area contributed by atoms with Crippen molar-refractivity contribution in [1.82, 2.24) is 0 Å². The van der Waals surface area contributed by atoms with Gasteiger partial charge >= 0.3 is 15.8 Å². The molecule has 18 heavy (non-hydrogen) atoms. The molecule has 7 nitrogen and oxygen atoms in total. The fourth-order valence-electron chi connectivity index (χ4n) is 1.48. The Morgan fingerprint density at radius 2 is 2.00 bits per heavy atom. The van der Waals surface area contributed by atoms with Crippen LogP contribution in [0.4, 0.5) is 9.57 Å². The van der Waals surface area contributed by atoms with Crippen molar-refractivity contribution in [2.75, 3.05) is 0 Å². The lowest BCUT2D eigenvalue weighted by atomic mass is 10.2. The van der Waals surface area contributed by atoms with Crippen LogP contribution in [0.1, 0.15) is 0 Å². The molecule has 2 aromatic rings. The van der Waals surface area contributed by atoms with E-state index in [1.54, 1.807) is 0 Å². The van der Waals surface area contributed by atoms with Crippen molar-refractivity contribution < 1.29 is 16.7 Å². The van der Waals surface area contributed by atoms with Gasteiger partial charge in [-0.05, 0) is 11.6 Å². The van der Waals surface area contributed by atoms with Gasteiger partial charge in [0.15, 0.2) is 4.90 Å². The van der Waals surface area contributed by atoms with Crippen LogP contribution in [0.3, 0.4) is 0 Å². The smallest absolute Gasteiger partial charge is 0.358 e. The summed E-state index contributed by atoms with van der Waals surface area (Å²) in [7, 11) is -5.35. The van der Waals surface area contributed by atoms with Crippen LogP contribution in [0.25, 0.3) is 21.4 Å². The van der Waals surface area contributed by atoms with Crippen LogP contribution in [0.15, 0.2) is 43.5 Å². The van der Waals surface area contributed by atoms with E-state index in [9.17, 15) is 17.1 Å². The topological polar surface area (TPSA) is 113 Å². The molecule has 0 saturated carbocycles. The summed E-state index contributed by atoms with van der Waals surface area (Å²) in [6.45, 7) is 0. The highest BCUT2D eigenvalue weighted by atomic mass is 32.3. The lowest BCUT2D eigenvalue weighted by Gasteiger charge is -2.03. The first kappa shape index (κ1) is 12.1. The number of hydrogen-bond donors (Lipinski definition) is 0. The van der Waals surface area contributed by atoms with E-state index in [4.69, 9.17) is 5.53 Å². The van der Waals surface area contributed by atoms with Gasteiger partial charge in [0.05, 0.1) is 5.69 Å². The first-order chi connectivity index (χ1) is 8.45. The van der Waals surface area contributed by atoms with Gasteiger partial charge in [-0.25, -0.2) is 4.79 Å². The van der Waals surface area contributed by atoms with E-state index in [1.807, 2.05) is 0 Å². The molecule has 0 unspecified atom stereocenters. The minimum absolute atomic E-state index is 0.00250. The van der Waals surface area contributed by atoms with Crippen LogP contribution in [0, 0.1) is 0 Å². The third kappa shape index (κ3) is 1.92. The second-order valence-electron chi connectivity index (χ2n) is 3.19. The zero-order chi connectivity index (χ0) is 13.3. The summed E-state index contributed by atoms with van der Waals surface area (Å²) in [4.78, 5) is 12.5. The Bertz CT molecular complexity index is 837. The Morgan fingerprint density at radius 3 is 2.61 bits per heavy atom. The lowest BCUT2D eigenvalue weighted by molar-refractivity contribution is 0.518. The Balaban J connectivity index is 3.12. The summed E-state index contributed by atoms with van der Waals surface area (Å²) in [5, 5.41) is 3.10. The Kier molecular flexibility index (Phi) is 2.77. The maximum Gasteiger partial charge on any atom is 0.358 e. The molecule has 0 fully saturated rings. The number of halogens is 1. The highest BCUT2D eigenvalue weighted by molar-refractivity contribution is 7.86. The van der Waals surface area contributed by atoms with Crippen molar-refractivity contribution in [3.05, 3.63) is 45.1 Å². The molecule has 0 bridgehead atoms. The molecule has 0 spiro atoms. The fraction of sp³-hybridized carbons (Fsp3) is 0. The molecule has 0 atom stereocenters. The van der Waals surface area contributed by atoms with Crippen LogP contribution in [-0.2, 0) is 10.2 Å². The number of azide groups is 1. The molecule has 0 aliphatic carbocycles. The maximum atomic E-state index is 13.0. The summed E-state index contributed by atoms with van der Waals surface area (Å²) in [6, 6.07) is 5.72. The number of para-hydroxylation sites is 1. The third-order valence-corrected chi connectivity index (χ3v) is 2.98. The number of benzene rings is 1. The molecule has 0 saturated heterocycles. The van der Waals surface area contributed by atoms with E-state index in [-0.39, 0.29) is 11.0 Å². The quantitative estimate of drug-likeness (QED) is 0.274. The second-order valence-corrected chi connectivity index (χ2v) is 4.47. The first-order valence-electron chi connectivity index (χ1n) is 4.51. The van der Waals surface area contributed by atoms with Gasteiger partial charge in [-0.2, -0.15) is 8.42 Å². The minimum atomic E-state index is -5.35. The molecule has 0 radical (unpaired) electrons. The molecule has 0 aliphatic rings. The lowest BCUT2D eigenvalue weighted by Crippen LogP contribution is -2.10. The van der Waals surface area contributed by atoms with Gasteiger partial charge in [0, 0.05) is 10.3 Å². The molecule has 0 N–H and O–H groups in total. The molecule has 2 rings (SSSR count). The zero-order valence-corrected chi connectivity index (χ0v) is 9.39. The third-order valence-electron chi connectivity index (χ3n) is 2.13. The molecule has 1 aromatic carbocycles. The number of hydrogen-bond acceptors (Lipinski definition) is 5. The van der Waals surface area contributed by atoms with Gasteiger partial charge in [-0.3, -0.25) is 0 Å². The van der Waals surface area contributed by atoms with E-state index >= 15 is 0 Å². The van der Waals surface area contributed by atoms with E-state index in [2.05, 4.69) is 14.4 Å². The summed E-state index contributed by atoms with van der Waals surface area (Å²) < 4.78 is 39.4. The molecule has 9 heteroatoms. The minimum Gasteiger partial charge on any atom is -0.422 e. The molecular formula is C9H4FN3O4S. The SMILES string of the molecule is [N-]=[N+]=Nc1c(S(=O)(=O)F)c(=O)oc2ccccc12. The average molecular weight is 269 g/mol. The maximum absolute atomic E-state index is 13.0. The highest BCUT2D eigenvalue weighted by Gasteiger charge is 2.25. The van der Waals surface area contributed by atoms with Gasteiger partial charge in [0.1, 0.15) is 5.58 Å². The average Bonchev–Trinajstić information content (AvgIpc) is 2.27. The van der Waals surface area contributed by atoms with Crippen molar-refractivity contribution >= 4 is 26.9 Å². The predicted molar refractivity (Wildman–Crippen MR) is 59.6 cm³/mol.